The van der Waals surface area contributed by atoms with Gasteiger partial charge in [-0.15, -0.1) is 11.6 Å². The molecule has 1 aromatic heterocycles. The Hall–Kier alpha value is -0.800. The van der Waals surface area contributed by atoms with Gasteiger partial charge in [0.25, 0.3) is 0 Å². The highest BCUT2D eigenvalue weighted by Crippen LogP contribution is 2.26. The first-order valence-corrected chi connectivity index (χ1v) is 7.12. The van der Waals surface area contributed by atoms with E-state index in [0.717, 1.165) is 19.0 Å². The number of alkyl halides is 1. The summed E-state index contributed by atoms with van der Waals surface area (Å²) >= 11 is 5.99. The summed E-state index contributed by atoms with van der Waals surface area (Å²) in [6.07, 6.45) is 6.29. The molecule has 0 amide bonds. The van der Waals surface area contributed by atoms with Gasteiger partial charge in [-0.05, 0) is 44.5 Å². The monoisotopic (exact) mass is 267 g/mol. The van der Waals surface area contributed by atoms with Gasteiger partial charge in [-0.3, -0.25) is 4.98 Å². The van der Waals surface area contributed by atoms with E-state index in [-0.39, 0.29) is 0 Å². The molecular weight excluding hydrogens is 246 g/mol. The number of nitrogens with zero attached hydrogens (tertiary/aromatic N) is 3. The molecule has 1 fully saturated rings. The lowest BCUT2D eigenvalue weighted by atomic mass is 9.96. The van der Waals surface area contributed by atoms with Crippen molar-refractivity contribution < 1.29 is 0 Å². The number of anilines is 1. The van der Waals surface area contributed by atoms with Crippen molar-refractivity contribution >= 4 is 17.3 Å². The van der Waals surface area contributed by atoms with Crippen molar-refractivity contribution in [1.29, 1.82) is 0 Å². The molecule has 18 heavy (non-hydrogen) atoms. The van der Waals surface area contributed by atoms with E-state index in [1.54, 1.807) is 0 Å². The predicted molar refractivity (Wildman–Crippen MR) is 77.3 cm³/mol. The molecule has 2 heterocycles. The molecule has 0 aliphatic carbocycles. The Labute approximate surface area is 115 Å². The zero-order valence-corrected chi connectivity index (χ0v) is 12.0. The fourth-order valence-electron chi connectivity index (χ4n) is 2.69. The highest BCUT2D eigenvalue weighted by atomic mass is 35.5. The van der Waals surface area contributed by atoms with E-state index in [9.17, 15) is 0 Å². The third-order valence-electron chi connectivity index (χ3n) is 3.61. The van der Waals surface area contributed by atoms with Gasteiger partial charge < -0.3 is 9.80 Å². The van der Waals surface area contributed by atoms with Crippen LogP contribution in [0.1, 0.15) is 18.4 Å². The molecule has 1 aliphatic rings. The van der Waals surface area contributed by atoms with E-state index in [1.165, 1.54) is 30.6 Å². The minimum absolute atomic E-state index is 0.565. The minimum atomic E-state index is 0.565. The number of pyridine rings is 1. The molecule has 0 aromatic carbocycles. The van der Waals surface area contributed by atoms with E-state index in [4.69, 9.17) is 11.6 Å². The van der Waals surface area contributed by atoms with Gasteiger partial charge >= 0.3 is 0 Å². The van der Waals surface area contributed by atoms with Gasteiger partial charge in [0, 0.05) is 31.7 Å². The standard InChI is InChI=1S/C14H22ClN3/c1-17(2)11-12-4-7-18(8-5-12)14-10-16-6-3-13(14)9-15/h3,6,10,12H,4-5,7-9,11H2,1-2H3. The molecule has 1 aromatic rings. The van der Waals surface area contributed by atoms with Crippen molar-refractivity contribution in [2.45, 2.75) is 18.7 Å². The van der Waals surface area contributed by atoms with Crippen LogP contribution in [0.4, 0.5) is 5.69 Å². The fraction of sp³-hybridized carbons (Fsp3) is 0.643. The Morgan fingerprint density at radius 1 is 1.39 bits per heavy atom. The van der Waals surface area contributed by atoms with Crippen molar-refractivity contribution in [3.05, 3.63) is 24.0 Å². The van der Waals surface area contributed by atoms with Gasteiger partial charge in [0.05, 0.1) is 11.9 Å². The van der Waals surface area contributed by atoms with Crippen LogP contribution in [0.15, 0.2) is 18.5 Å². The first-order chi connectivity index (χ1) is 8.70. The summed E-state index contributed by atoms with van der Waals surface area (Å²) in [5.74, 6) is 1.39. The second-order valence-electron chi connectivity index (χ2n) is 5.33. The Morgan fingerprint density at radius 3 is 2.72 bits per heavy atom. The molecule has 1 saturated heterocycles. The second-order valence-corrected chi connectivity index (χ2v) is 5.60. The smallest absolute Gasteiger partial charge is 0.0597 e. The molecular formula is C14H22ClN3. The molecule has 3 nitrogen and oxygen atoms in total. The quantitative estimate of drug-likeness (QED) is 0.782. The fourth-order valence-corrected chi connectivity index (χ4v) is 2.91. The van der Waals surface area contributed by atoms with Gasteiger partial charge in [0.2, 0.25) is 0 Å². The number of halogens is 1. The van der Waals surface area contributed by atoms with Crippen LogP contribution in [-0.4, -0.2) is 43.6 Å². The van der Waals surface area contributed by atoms with Crippen molar-refractivity contribution in [2.75, 3.05) is 38.6 Å². The van der Waals surface area contributed by atoms with Crippen LogP contribution in [-0.2, 0) is 5.88 Å². The topological polar surface area (TPSA) is 19.4 Å². The molecule has 1 aliphatic heterocycles. The maximum absolute atomic E-state index is 5.99. The van der Waals surface area contributed by atoms with Crippen LogP contribution in [0.5, 0.6) is 0 Å². The van der Waals surface area contributed by atoms with E-state index >= 15 is 0 Å². The lowest BCUT2D eigenvalue weighted by Crippen LogP contribution is -2.37. The highest BCUT2D eigenvalue weighted by molar-refractivity contribution is 6.17. The first-order valence-electron chi connectivity index (χ1n) is 6.59. The number of piperidine rings is 1. The molecule has 100 valence electrons. The Balaban J connectivity index is 1.97. The Morgan fingerprint density at radius 2 is 2.11 bits per heavy atom. The van der Waals surface area contributed by atoms with Crippen LogP contribution < -0.4 is 4.90 Å². The van der Waals surface area contributed by atoms with Crippen molar-refractivity contribution in [3.8, 4) is 0 Å². The summed E-state index contributed by atoms with van der Waals surface area (Å²) in [5, 5.41) is 0. The van der Waals surface area contributed by atoms with Gasteiger partial charge in [0.15, 0.2) is 0 Å². The Kier molecular flexibility index (Phi) is 4.84. The largest absolute Gasteiger partial charge is 0.370 e. The zero-order chi connectivity index (χ0) is 13.0. The van der Waals surface area contributed by atoms with Crippen molar-refractivity contribution in [2.24, 2.45) is 5.92 Å². The molecule has 0 unspecified atom stereocenters. The van der Waals surface area contributed by atoms with Crippen molar-refractivity contribution in [3.63, 3.8) is 0 Å². The van der Waals surface area contributed by atoms with Crippen LogP contribution in [0.2, 0.25) is 0 Å². The van der Waals surface area contributed by atoms with Gasteiger partial charge in [-0.1, -0.05) is 0 Å². The maximum Gasteiger partial charge on any atom is 0.0597 e. The first kappa shape index (κ1) is 13.6. The third kappa shape index (κ3) is 3.36. The zero-order valence-electron chi connectivity index (χ0n) is 11.3. The van der Waals surface area contributed by atoms with Gasteiger partial charge in [-0.2, -0.15) is 0 Å². The van der Waals surface area contributed by atoms with E-state index in [0.29, 0.717) is 5.88 Å². The normalized spacial score (nSPS) is 17.4. The third-order valence-corrected chi connectivity index (χ3v) is 3.90. The van der Waals surface area contributed by atoms with Crippen molar-refractivity contribution in [1.82, 2.24) is 9.88 Å². The molecule has 0 bridgehead atoms. The summed E-state index contributed by atoms with van der Waals surface area (Å²) < 4.78 is 0. The lowest BCUT2D eigenvalue weighted by molar-refractivity contribution is 0.285. The summed E-state index contributed by atoms with van der Waals surface area (Å²) in [6, 6.07) is 2.02. The lowest BCUT2D eigenvalue weighted by Gasteiger charge is -2.35. The molecule has 0 radical (unpaired) electrons. The SMILES string of the molecule is CN(C)CC1CCN(c2cnccc2CCl)CC1. The average molecular weight is 268 g/mol. The predicted octanol–water partition coefficient (Wildman–Crippen LogP) is 2.60. The molecule has 4 heteroatoms. The van der Waals surface area contributed by atoms with Gasteiger partial charge in [-0.25, -0.2) is 0 Å². The summed E-state index contributed by atoms with van der Waals surface area (Å²) in [6.45, 7) is 3.44. The summed E-state index contributed by atoms with van der Waals surface area (Å²) in [4.78, 5) is 8.94. The van der Waals surface area contributed by atoms with Crippen LogP contribution in [0.25, 0.3) is 0 Å². The highest BCUT2D eigenvalue weighted by Gasteiger charge is 2.21. The molecule has 0 atom stereocenters. The minimum Gasteiger partial charge on any atom is -0.370 e. The molecule has 0 saturated carbocycles. The summed E-state index contributed by atoms with van der Waals surface area (Å²) in [7, 11) is 4.30. The maximum atomic E-state index is 5.99. The molecule has 0 spiro atoms. The molecule has 2 rings (SSSR count). The number of hydrogen-bond donors (Lipinski definition) is 0. The molecule has 0 N–H and O–H groups in total. The number of hydrogen-bond acceptors (Lipinski definition) is 3. The Bertz CT molecular complexity index is 373. The van der Waals surface area contributed by atoms with E-state index < -0.39 is 0 Å². The van der Waals surface area contributed by atoms with Gasteiger partial charge in [0.1, 0.15) is 0 Å². The van der Waals surface area contributed by atoms with Crippen LogP contribution in [0.3, 0.4) is 0 Å². The van der Waals surface area contributed by atoms with Crippen LogP contribution >= 0.6 is 11.6 Å². The second kappa shape index (κ2) is 6.39. The number of aromatic nitrogens is 1. The van der Waals surface area contributed by atoms with E-state index in [1.807, 2.05) is 18.5 Å². The van der Waals surface area contributed by atoms with E-state index in [2.05, 4.69) is 28.9 Å². The van der Waals surface area contributed by atoms with Crippen LogP contribution in [0, 0.1) is 5.92 Å². The summed E-state index contributed by atoms with van der Waals surface area (Å²) in [5.41, 5.74) is 2.41. The number of rotatable bonds is 4. The average Bonchev–Trinajstić information content (AvgIpc) is 2.39.